The molecule has 54 heavy (non-hydrogen) atoms. The molecule has 0 aromatic rings. The van der Waals surface area contributed by atoms with Crippen molar-refractivity contribution in [2.75, 3.05) is 6.61 Å². The van der Waals surface area contributed by atoms with Gasteiger partial charge in [0.25, 0.3) is 0 Å². The van der Waals surface area contributed by atoms with Crippen LogP contribution in [0.1, 0.15) is 289 Å². The minimum atomic E-state index is -0.655. The summed E-state index contributed by atoms with van der Waals surface area (Å²) in [4.78, 5) is 22.6. The van der Waals surface area contributed by atoms with Gasteiger partial charge in [-0.1, -0.05) is 244 Å². The summed E-state index contributed by atoms with van der Waals surface area (Å²) >= 11 is 0. The third-order valence-electron chi connectivity index (χ3n) is 11.4. The molecule has 1 N–H and O–H groups in total. The second-order valence-electron chi connectivity index (χ2n) is 17.0. The van der Waals surface area contributed by atoms with E-state index >= 15 is 0 Å². The van der Waals surface area contributed by atoms with Crippen LogP contribution in [0, 0.1) is 0 Å². The zero-order valence-electron chi connectivity index (χ0n) is 36.6. The molecule has 0 aliphatic carbocycles. The lowest BCUT2D eigenvalue weighted by Gasteiger charge is -2.06. The van der Waals surface area contributed by atoms with Crippen LogP contribution in [-0.4, -0.2) is 23.7 Å². The second kappa shape index (κ2) is 47.8. The molecule has 320 valence electrons. The molecule has 0 aromatic heterocycles. The van der Waals surface area contributed by atoms with Gasteiger partial charge in [-0.25, -0.2) is 0 Å². The Hall–Kier alpha value is -1.32. The zero-order chi connectivity index (χ0) is 39.1. The van der Waals surface area contributed by atoms with Crippen molar-refractivity contribution in [3.05, 3.63) is 12.2 Å². The lowest BCUT2D eigenvalue weighted by Crippen LogP contribution is -2.05. The highest BCUT2D eigenvalue weighted by Crippen LogP contribution is 2.17. The predicted molar refractivity (Wildman–Crippen MR) is 237 cm³/mol. The molecular weight excluding hydrogens is 665 g/mol. The Morgan fingerprint density at radius 2 is 0.611 bits per heavy atom. The molecule has 0 rings (SSSR count). The summed E-state index contributed by atoms with van der Waals surface area (Å²) in [6, 6.07) is 0. The standard InChI is InChI=1S/C50H96O4/c1-2-3-4-5-6-7-8-9-10-11-19-23-26-29-32-35-38-41-44-47-50(53)54-48-45-42-39-36-33-30-27-24-21-18-16-14-12-13-15-17-20-22-25-28-31-34-37-40-43-46-49(51)52/h9-10H,2-8,11-48H2,1H3,(H,51,52). The Kier molecular flexibility index (Phi) is 46.7. The van der Waals surface area contributed by atoms with Gasteiger partial charge in [-0.15, -0.1) is 0 Å². The second-order valence-corrected chi connectivity index (χ2v) is 17.0. The van der Waals surface area contributed by atoms with E-state index in [-0.39, 0.29) is 5.97 Å². The lowest BCUT2D eigenvalue weighted by molar-refractivity contribution is -0.144. The molecule has 0 aliphatic heterocycles. The average molecular weight is 761 g/mol. The smallest absolute Gasteiger partial charge is 0.305 e. The first-order valence-electron chi connectivity index (χ1n) is 24.7. The van der Waals surface area contributed by atoms with E-state index in [4.69, 9.17) is 9.84 Å². The first-order chi connectivity index (χ1) is 26.7. The van der Waals surface area contributed by atoms with E-state index in [0.29, 0.717) is 19.4 Å². The molecule has 0 aliphatic rings. The summed E-state index contributed by atoms with van der Waals surface area (Å²) in [5.41, 5.74) is 0. The maximum absolute atomic E-state index is 12.0. The van der Waals surface area contributed by atoms with Gasteiger partial charge >= 0.3 is 11.9 Å². The number of unbranched alkanes of at least 4 members (excludes halogenated alkanes) is 39. The third-order valence-corrected chi connectivity index (χ3v) is 11.4. The Labute approximate surface area is 338 Å². The van der Waals surface area contributed by atoms with E-state index in [1.807, 2.05) is 0 Å². The predicted octanol–water partition coefficient (Wildman–Crippen LogP) is 17.4. The van der Waals surface area contributed by atoms with Crippen LogP contribution in [0.15, 0.2) is 12.2 Å². The molecular formula is C50H96O4. The number of esters is 1. The minimum Gasteiger partial charge on any atom is -0.481 e. The number of carboxylic acid groups (broad SMARTS) is 1. The van der Waals surface area contributed by atoms with Crippen LogP contribution >= 0.6 is 0 Å². The number of carbonyl (C=O) groups is 2. The number of carboxylic acids is 1. The number of allylic oxidation sites excluding steroid dienone is 2. The number of rotatable bonds is 47. The largest absolute Gasteiger partial charge is 0.481 e. The van der Waals surface area contributed by atoms with Crippen molar-refractivity contribution in [3.8, 4) is 0 Å². The molecule has 0 amide bonds. The minimum absolute atomic E-state index is 0.0187. The molecule has 0 atom stereocenters. The molecule has 0 spiro atoms. The van der Waals surface area contributed by atoms with E-state index in [2.05, 4.69) is 19.1 Å². The molecule has 0 radical (unpaired) electrons. The maximum Gasteiger partial charge on any atom is 0.305 e. The fraction of sp³-hybridized carbons (Fsp3) is 0.920. The highest BCUT2D eigenvalue weighted by molar-refractivity contribution is 5.69. The van der Waals surface area contributed by atoms with Crippen molar-refractivity contribution in [1.82, 2.24) is 0 Å². The Bertz CT molecular complexity index is 762. The molecule has 0 bridgehead atoms. The molecule has 0 fully saturated rings. The van der Waals surface area contributed by atoms with Crippen molar-refractivity contribution in [2.45, 2.75) is 289 Å². The van der Waals surface area contributed by atoms with Gasteiger partial charge in [0.05, 0.1) is 6.61 Å². The molecule has 0 unspecified atom stereocenters. The fourth-order valence-electron chi connectivity index (χ4n) is 7.75. The molecule has 0 saturated heterocycles. The molecule has 0 aromatic carbocycles. The summed E-state index contributed by atoms with van der Waals surface area (Å²) in [5.74, 6) is -0.636. The van der Waals surface area contributed by atoms with Crippen molar-refractivity contribution < 1.29 is 19.4 Å². The lowest BCUT2D eigenvalue weighted by atomic mass is 10.0. The van der Waals surface area contributed by atoms with Crippen molar-refractivity contribution in [1.29, 1.82) is 0 Å². The first kappa shape index (κ1) is 52.7. The maximum atomic E-state index is 12.0. The number of carbonyl (C=O) groups excluding carboxylic acids is 1. The van der Waals surface area contributed by atoms with E-state index in [1.165, 1.54) is 244 Å². The van der Waals surface area contributed by atoms with E-state index in [9.17, 15) is 9.59 Å². The summed E-state index contributed by atoms with van der Waals surface area (Å²) in [6.45, 7) is 2.91. The quantitative estimate of drug-likeness (QED) is 0.0381. The Balaban J connectivity index is 3.16. The monoisotopic (exact) mass is 761 g/mol. The fourth-order valence-corrected chi connectivity index (χ4v) is 7.75. The van der Waals surface area contributed by atoms with Crippen LogP contribution in [0.2, 0.25) is 0 Å². The van der Waals surface area contributed by atoms with E-state index < -0.39 is 5.97 Å². The van der Waals surface area contributed by atoms with Gasteiger partial charge in [-0.2, -0.15) is 0 Å². The number of ether oxygens (including phenoxy) is 1. The zero-order valence-corrected chi connectivity index (χ0v) is 36.6. The van der Waals surface area contributed by atoms with Gasteiger partial charge in [0.1, 0.15) is 0 Å². The average Bonchev–Trinajstić information content (AvgIpc) is 3.16. The SMILES string of the molecule is CCCCCCCCC=CCCCCCCCCCCCC(=O)OCCCCCCCCCCCCCCCCCCCCCCCCCCCC(=O)O. The van der Waals surface area contributed by atoms with Gasteiger partial charge in [0.15, 0.2) is 0 Å². The summed E-state index contributed by atoms with van der Waals surface area (Å²) in [5, 5.41) is 8.66. The number of hydrogen-bond donors (Lipinski definition) is 1. The van der Waals surface area contributed by atoms with Crippen molar-refractivity contribution in [2.24, 2.45) is 0 Å². The summed E-state index contributed by atoms with van der Waals surface area (Å²) < 4.78 is 5.48. The summed E-state index contributed by atoms with van der Waals surface area (Å²) in [7, 11) is 0. The van der Waals surface area contributed by atoms with Gasteiger partial charge in [-0.05, 0) is 44.9 Å². The molecule has 0 heterocycles. The van der Waals surface area contributed by atoms with Gasteiger partial charge in [0.2, 0.25) is 0 Å². The molecule has 0 saturated carbocycles. The topological polar surface area (TPSA) is 63.6 Å². The van der Waals surface area contributed by atoms with Gasteiger partial charge < -0.3 is 9.84 Å². The van der Waals surface area contributed by atoms with Crippen LogP contribution in [-0.2, 0) is 14.3 Å². The molecule has 4 heteroatoms. The molecule has 4 nitrogen and oxygen atoms in total. The van der Waals surface area contributed by atoms with Gasteiger partial charge in [-0.3, -0.25) is 9.59 Å². The highest BCUT2D eigenvalue weighted by Gasteiger charge is 2.03. The van der Waals surface area contributed by atoms with Crippen LogP contribution < -0.4 is 0 Å². The third kappa shape index (κ3) is 48.7. The van der Waals surface area contributed by atoms with Crippen LogP contribution in [0.25, 0.3) is 0 Å². The summed E-state index contributed by atoms with van der Waals surface area (Å²) in [6.07, 6.45) is 61.4. The number of hydrogen-bond acceptors (Lipinski definition) is 3. The van der Waals surface area contributed by atoms with Crippen LogP contribution in [0.5, 0.6) is 0 Å². The van der Waals surface area contributed by atoms with Crippen molar-refractivity contribution >= 4 is 11.9 Å². The number of aliphatic carboxylic acids is 1. The Morgan fingerprint density at radius 1 is 0.352 bits per heavy atom. The normalized spacial score (nSPS) is 11.6. The van der Waals surface area contributed by atoms with Crippen LogP contribution in [0.3, 0.4) is 0 Å². The van der Waals surface area contributed by atoms with Crippen LogP contribution in [0.4, 0.5) is 0 Å². The van der Waals surface area contributed by atoms with E-state index in [0.717, 1.165) is 25.7 Å². The first-order valence-corrected chi connectivity index (χ1v) is 24.7. The van der Waals surface area contributed by atoms with Gasteiger partial charge in [0, 0.05) is 12.8 Å². The van der Waals surface area contributed by atoms with Crippen molar-refractivity contribution in [3.63, 3.8) is 0 Å². The Morgan fingerprint density at radius 3 is 0.926 bits per heavy atom. The van der Waals surface area contributed by atoms with E-state index in [1.54, 1.807) is 0 Å². The highest BCUT2D eigenvalue weighted by atomic mass is 16.5.